The summed E-state index contributed by atoms with van der Waals surface area (Å²) in [5, 5.41) is 10.8. The SMILES string of the molecule is CC1CC(CN)CN1C(=O)CN(C)S(=O)(=O)c1cccc([N+](=O)[O-])c1. The van der Waals surface area contributed by atoms with Gasteiger partial charge in [0.05, 0.1) is 16.4 Å². The lowest BCUT2D eigenvalue weighted by Crippen LogP contribution is -2.42. The van der Waals surface area contributed by atoms with Crippen molar-refractivity contribution in [3.05, 3.63) is 34.4 Å². The van der Waals surface area contributed by atoms with E-state index in [2.05, 4.69) is 0 Å². The van der Waals surface area contributed by atoms with Gasteiger partial charge in [-0.15, -0.1) is 0 Å². The number of hydrogen-bond acceptors (Lipinski definition) is 6. The molecule has 1 aromatic rings. The van der Waals surface area contributed by atoms with Crippen LogP contribution in [0.3, 0.4) is 0 Å². The molecule has 2 N–H and O–H groups in total. The molecule has 1 fully saturated rings. The Hall–Kier alpha value is -2.04. The highest BCUT2D eigenvalue weighted by atomic mass is 32.2. The van der Waals surface area contributed by atoms with Crippen molar-refractivity contribution in [2.24, 2.45) is 11.7 Å². The maximum Gasteiger partial charge on any atom is 0.270 e. The maximum absolute atomic E-state index is 12.6. The van der Waals surface area contributed by atoms with Gasteiger partial charge in [0.2, 0.25) is 15.9 Å². The second-order valence-corrected chi connectivity index (χ2v) is 8.29. The van der Waals surface area contributed by atoms with Gasteiger partial charge in [-0.2, -0.15) is 4.31 Å². The van der Waals surface area contributed by atoms with Crippen molar-refractivity contribution in [2.75, 3.05) is 26.7 Å². The molecule has 10 heteroatoms. The first kappa shape index (κ1) is 19.3. The number of hydrogen-bond donors (Lipinski definition) is 1. The molecular formula is C15H22N4O5S. The van der Waals surface area contributed by atoms with Crippen molar-refractivity contribution in [1.29, 1.82) is 0 Å². The number of nitrogens with two attached hydrogens (primary N) is 1. The summed E-state index contributed by atoms with van der Waals surface area (Å²) in [5.74, 6) is -0.0856. The standard InChI is InChI=1S/C15H22N4O5S/c1-11-6-12(8-16)9-18(11)15(20)10-17(2)25(23,24)14-5-3-4-13(7-14)19(21)22/h3-5,7,11-12H,6,8-10,16H2,1-2H3. The van der Waals surface area contributed by atoms with Gasteiger partial charge in [0.15, 0.2) is 0 Å². The van der Waals surface area contributed by atoms with Gasteiger partial charge in [0.25, 0.3) is 5.69 Å². The normalized spacial score (nSPS) is 20.9. The minimum atomic E-state index is -4.00. The summed E-state index contributed by atoms with van der Waals surface area (Å²) >= 11 is 0. The van der Waals surface area contributed by atoms with Gasteiger partial charge >= 0.3 is 0 Å². The zero-order valence-electron chi connectivity index (χ0n) is 14.2. The fraction of sp³-hybridized carbons (Fsp3) is 0.533. The molecule has 2 rings (SSSR count). The van der Waals surface area contributed by atoms with E-state index in [-0.39, 0.29) is 35.0 Å². The molecule has 0 spiro atoms. The number of amides is 1. The molecular weight excluding hydrogens is 348 g/mol. The van der Waals surface area contributed by atoms with Gasteiger partial charge < -0.3 is 10.6 Å². The van der Waals surface area contributed by atoms with Crippen molar-refractivity contribution < 1.29 is 18.1 Å². The summed E-state index contributed by atoms with van der Waals surface area (Å²) in [7, 11) is -2.71. The lowest BCUT2D eigenvalue weighted by Gasteiger charge is -2.24. The number of carbonyl (C=O) groups excluding carboxylic acids is 1. The Bertz CT molecular complexity index is 767. The molecule has 0 bridgehead atoms. The molecule has 1 heterocycles. The molecule has 0 aliphatic carbocycles. The molecule has 0 radical (unpaired) electrons. The van der Waals surface area contributed by atoms with Crippen LogP contribution < -0.4 is 5.73 Å². The molecule has 1 aromatic carbocycles. The van der Waals surface area contributed by atoms with Gasteiger partial charge in [0, 0.05) is 31.8 Å². The molecule has 2 unspecified atom stereocenters. The zero-order valence-corrected chi connectivity index (χ0v) is 15.0. The first-order valence-electron chi connectivity index (χ1n) is 7.87. The minimum Gasteiger partial charge on any atom is -0.339 e. The van der Waals surface area contributed by atoms with Crippen LogP contribution in [-0.2, 0) is 14.8 Å². The molecule has 25 heavy (non-hydrogen) atoms. The Morgan fingerprint density at radius 1 is 1.48 bits per heavy atom. The number of rotatable bonds is 6. The molecule has 2 atom stereocenters. The first-order chi connectivity index (χ1) is 11.7. The van der Waals surface area contributed by atoms with E-state index in [0.29, 0.717) is 13.1 Å². The number of carbonyl (C=O) groups is 1. The number of likely N-dealkylation sites (tertiary alicyclic amines) is 1. The number of likely N-dealkylation sites (N-methyl/N-ethyl adjacent to an activating group) is 1. The molecule has 0 saturated carbocycles. The molecule has 138 valence electrons. The van der Waals surface area contributed by atoms with E-state index >= 15 is 0 Å². The maximum atomic E-state index is 12.6. The molecule has 0 aromatic heterocycles. The number of nitro benzene ring substituents is 1. The van der Waals surface area contributed by atoms with Gasteiger partial charge in [-0.25, -0.2) is 8.42 Å². The summed E-state index contributed by atoms with van der Waals surface area (Å²) in [6.07, 6.45) is 0.795. The van der Waals surface area contributed by atoms with E-state index in [4.69, 9.17) is 5.73 Å². The molecule has 1 aliphatic rings. The van der Waals surface area contributed by atoms with E-state index in [9.17, 15) is 23.3 Å². The summed E-state index contributed by atoms with van der Waals surface area (Å²) < 4.78 is 26.1. The van der Waals surface area contributed by atoms with Crippen LogP contribution in [0.25, 0.3) is 0 Å². The van der Waals surface area contributed by atoms with Gasteiger partial charge in [0.1, 0.15) is 0 Å². The van der Waals surface area contributed by atoms with Crippen molar-refractivity contribution in [1.82, 2.24) is 9.21 Å². The Morgan fingerprint density at radius 2 is 2.16 bits per heavy atom. The Kier molecular flexibility index (Phi) is 5.76. The topological polar surface area (TPSA) is 127 Å². The fourth-order valence-electron chi connectivity index (χ4n) is 2.96. The predicted molar refractivity (Wildman–Crippen MR) is 91.2 cm³/mol. The van der Waals surface area contributed by atoms with Crippen LogP contribution in [-0.4, -0.2) is 61.2 Å². The highest BCUT2D eigenvalue weighted by Gasteiger charge is 2.33. The highest BCUT2D eigenvalue weighted by Crippen LogP contribution is 2.24. The second kappa shape index (κ2) is 7.46. The van der Waals surface area contributed by atoms with Crippen molar-refractivity contribution in [3.8, 4) is 0 Å². The smallest absolute Gasteiger partial charge is 0.270 e. The average molecular weight is 370 g/mol. The molecule has 1 saturated heterocycles. The average Bonchev–Trinajstić information content (AvgIpc) is 2.96. The lowest BCUT2D eigenvalue weighted by molar-refractivity contribution is -0.385. The van der Waals surface area contributed by atoms with Crippen LogP contribution in [0.15, 0.2) is 29.2 Å². The summed E-state index contributed by atoms with van der Waals surface area (Å²) in [5.41, 5.74) is 5.32. The molecule has 9 nitrogen and oxygen atoms in total. The van der Waals surface area contributed by atoms with Gasteiger partial charge in [-0.05, 0) is 31.9 Å². The van der Waals surface area contributed by atoms with Gasteiger partial charge in [-0.3, -0.25) is 14.9 Å². The third-order valence-corrected chi connectivity index (χ3v) is 6.21. The summed E-state index contributed by atoms with van der Waals surface area (Å²) in [6.45, 7) is 2.58. The van der Waals surface area contributed by atoms with E-state index in [0.717, 1.165) is 16.8 Å². The first-order valence-corrected chi connectivity index (χ1v) is 9.31. The van der Waals surface area contributed by atoms with E-state index < -0.39 is 14.9 Å². The minimum absolute atomic E-state index is 0.00923. The van der Waals surface area contributed by atoms with Crippen molar-refractivity contribution >= 4 is 21.6 Å². The summed E-state index contributed by atoms with van der Waals surface area (Å²) in [4.78, 5) is 24.0. The van der Waals surface area contributed by atoms with E-state index in [1.165, 1.54) is 25.2 Å². The van der Waals surface area contributed by atoms with E-state index in [1.54, 1.807) is 4.90 Å². The monoisotopic (exact) mass is 370 g/mol. The predicted octanol–water partition coefficient (Wildman–Crippen LogP) is 0.411. The Morgan fingerprint density at radius 3 is 2.72 bits per heavy atom. The van der Waals surface area contributed by atoms with Crippen molar-refractivity contribution in [3.63, 3.8) is 0 Å². The number of nitrogens with zero attached hydrogens (tertiary/aromatic N) is 3. The summed E-state index contributed by atoms with van der Waals surface area (Å²) in [6, 6.07) is 4.78. The van der Waals surface area contributed by atoms with E-state index in [1.807, 2.05) is 6.92 Å². The number of non-ortho nitro benzene ring substituents is 1. The van der Waals surface area contributed by atoms with Crippen molar-refractivity contribution in [2.45, 2.75) is 24.3 Å². The van der Waals surface area contributed by atoms with Crippen LogP contribution in [0.5, 0.6) is 0 Å². The second-order valence-electron chi connectivity index (χ2n) is 6.25. The van der Waals surface area contributed by atoms with Crippen LogP contribution in [0.4, 0.5) is 5.69 Å². The Labute approximate surface area is 146 Å². The molecule has 1 amide bonds. The third kappa shape index (κ3) is 4.14. The van der Waals surface area contributed by atoms with Crippen LogP contribution in [0, 0.1) is 16.0 Å². The quantitative estimate of drug-likeness (QED) is 0.571. The van der Waals surface area contributed by atoms with Crippen LogP contribution in [0.2, 0.25) is 0 Å². The van der Waals surface area contributed by atoms with Gasteiger partial charge in [-0.1, -0.05) is 6.07 Å². The number of benzene rings is 1. The zero-order chi connectivity index (χ0) is 18.8. The van der Waals surface area contributed by atoms with Crippen LogP contribution in [0.1, 0.15) is 13.3 Å². The Balaban J connectivity index is 2.14. The number of sulfonamides is 1. The highest BCUT2D eigenvalue weighted by molar-refractivity contribution is 7.89. The lowest BCUT2D eigenvalue weighted by atomic mass is 10.1. The van der Waals surface area contributed by atoms with Crippen LogP contribution >= 0.6 is 0 Å². The third-order valence-electron chi connectivity index (χ3n) is 4.41. The molecule has 1 aliphatic heterocycles. The largest absolute Gasteiger partial charge is 0.339 e. The number of nitro groups is 1. The fourth-order valence-corrected chi connectivity index (χ4v) is 4.12.